The van der Waals surface area contributed by atoms with E-state index in [2.05, 4.69) is 52.4 Å². The van der Waals surface area contributed by atoms with E-state index >= 15 is 0 Å². The van der Waals surface area contributed by atoms with Crippen molar-refractivity contribution in [2.45, 2.75) is 109 Å². The smallest absolute Gasteiger partial charge is 0.407 e. The van der Waals surface area contributed by atoms with Crippen LogP contribution >= 0.6 is 22.3 Å². The van der Waals surface area contributed by atoms with Crippen LogP contribution in [-0.4, -0.2) is 142 Å². The fourth-order valence-electron chi connectivity index (χ4n) is 6.54. The highest BCUT2D eigenvalue weighted by Crippen LogP contribution is 2.16. The molecule has 1 aliphatic heterocycles. The van der Waals surface area contributed by atoms with Gasteiger partial charge < -0.3 is 62.3 Å². The van der Waals surface area contributed by atoms with Crippen molar-refractivity contribution in [3.63, 3.8) is 0 Å². The maximum Gasteiger partial charge on any atom is 0.407 e. The lowest BCUT2D eigenvalue weighted by Gasteiger charge is -2.27. The molecule has 12 N–H and O–H groups in total. The first-order valence-electron chi connectivity index (χ1n) is 28.2. The third-order valence-corrected chi connectivity index (χ3v) is 12.1. The van der Waals surface area contributed by atoms with E-state index in [1.165, 1.54) is 14.0 Å². The van der Waals surface area contributed by atoms with E-state index in [4.69, 9.17) is 53.0 Å². The fraction of sp³-hybridized carbons (Fsp3) is 0.413. The molecule has 95 heavy (non-hydrogen) atoms. The summed E-state index contributed by atoms with van der Waals surface area (Å²) in [4.78, 5) is 79.5. The van der Waals surface area contributed by atoms with E-state index in [-0.39, 0.29) is 91.0 Å². The number of alkyl carbamates (subject to hydrolysis) is 3. The van der Waals surface area contributed by atoms with Gasteiger partial charge in [0.1, 0.15) is 32.0 Å². The monoisotopic (exact) mass is 1400 g/mol. The second kappa shape index (κ2) is 50.8. The van der Waals surface area contributed by atoms with Crippen LogP contribution in [0.4, 0.5) is 36.7 Å². The van der Waals surface area contributed by atoms with Crippen molar-refractivity contribution in [1.29, 1.82) is 0 Å². The van der Waals surface area contributed by atoms with Crippen LogP contribution < -0.4 is 38.5 Å². The molecule has 0 aliphatic carbocycles. The van der Waals surface area contributed by atoms with Gasteiger partial charge in [0.25, 0.3) is 11.8 Å². The Hall–Kier alpha value is -8.61. The lowest BCUT2D eigenvalue weighted by molar-refractivity contribution is -0.143. The number of aliphatic carboxylic acids is 1. The number of ether oxygens (including phenoxy) is 4. The molecule has 0 spiro atoms. The summed E-state index contributed by atoms with van der Waals surface area (Å²) in [6.07, 6.45) is -0.862. The van der Waals surface area contributed by atoms with Gasteiger partial charge in [-0.1, -0.05) is 146 Å². The van der Waals surface area contributed by atoms with Gasteiger partial charge in [-0.15, -0.1) is 0 Å². The number of halogens is 6. The van der Waals surface area contributed by atoms with Crippen molar-refractivity contribution >= 4 is 72.8 Å². The Bertz CT molecular complexity index is 3050. The number of hydrogen-bond donors (Lipinski definition) is 9. The Morgan fingerprint density at radius 3 is 1.14 bits per heavy atom. The summed E-state index contributed by atoms with van der Waals surface area (Å²) in [5.74, 6) is -1.77. The summed E-state index contributed by atoms with van der Waals surface area (Å²) in [5.41, 5.74) is 23.1. The zero-order chi connectivity index (χ0) is 71.7. The number of carbonyl (C=O) groups excluding carboxylic acids is 6. The quantitative estimate of drug-likeness (QED) is 0.00527. The molecule has 1 aliphatic rings. The molecule has 0 fully saturated rings. The van der Waals surface area contributed by atoms with Gasteiger partial charge in [-0.25, -0.2) is 27.6 Å². The molecule has 4 atom stereocenters. The minimum absolute atomic E-state index is 0. The molecule has 528 valence electrons. The second-order valence-electron chi connectivity index (χ2n) is 20.5. The Labute approximate surface area is 561 Å². The van der Waals surface area contributed by atoms with E-state index in [0.717, 1.165) is 28.5 Å². The number of alkyl halides is 4. The molecule has 1 heterocycles. The molecule has 5 amide bonds. The van der Waals surface area contributed by atoms with Crippen molar-refractivity contribution in [3.8, 4) is 0 Å². The van der Waals surface area contributed by atoms with Crippen LogP contribution in [-0.2, 0) is 59.2 Å². The molecule has 0 saturated carbocycles. The maximum atomic E-state index is 12.5. The number of aliphatic hydroxyl groups excluding tert-OH is 1. The zero-order valence-corrected chi connectivity index (χ0v) is 55.2. The minimum atomic E-state index is -3.19. The van der Waals surface area contributed by atoms with Crippen LogP contribution in [0.15, 0.2) is 151 Å². The minimum Gasteiger partial charge on any atom is -0.480 e. The molecule has 6 rings (SSSR count). The lowest BCUT2D eigenvalue weighted by Crippen LogP contribution is -2.51. The third-order valence-electron chi connectivity index (χ3n) is 12.0. The number of carbonyl (C=O) groups is 7. The number of nitrogens with one attached hydrogen (secondary N) is 4. The number of imide groups is 1. The Balaban J connectivity index is -0.00000106. The maximum absolute atomic E-state index is 12.5. The number of hydrogen-bond acceptors (Lipinski definition) is 18. The zero-order valence-electron chi connectivity index (χ0n) is 52.9. The lowest BCUT2D eigenvalue weighted by atomic mass is 9.99. The number of azide groups is 1. The summed E-state index contributed by atoms with van der Waals surface area (Å²) in [7, 11) is 2.81. The molecule has 5 aromatic rings. The normalized spacial score (nSPS) is 12.9. The second-order valence-corrected chi connectivity index (χ2v) is 23.8. The van der Waals surface area contributed by atoms with Crippen LogP contribution in [0, 0.1) is 0 Å². The van der Waals surface area contributed by atoms with Crippen molar-refractivity contribution in [1.82, 2.24) is 21.3 Å². The van der Waals surface area contributed by atoms with Gasteiger partial charge in [-0.3, -0.25) is 37.3 Å². The van der Waals surface area contributed by atoms with Crippen LogP contribution in [0.3, 0.4) is 0 Å². The Kier molecular flexibility index (Phi) is 48.5. The largest absolute Gasteiger partial charge is 0.480 e. The van der Waals surface area contributed by atoms with E-state index < -0.39 is 87.6 Å². The average molecular weight is 1400 g/mol. The van der Waals surface area contributed by atoms with Crippen molar-refractivity contribution in [2.75, 3.05) is 59.7 Å². The number of fused-ring (bicyclic) bond motifs is 1. The molecule has 25 nitrogen and oxygen atoms in total. The van der Waals surface area contributed by atoms with Crippen LogP contribution in [0.2, 0.25) is 0 Å². The standard InChI is InChI=1S/C13H17FN4O2.C13H19FN2O2.C13H18FNO3.C8H7ClO2.C8H5NO2.C5H10FNO2.CH3ClO2S.CH5N.CH4/c1-13(7-8-14,10-16-18-15)17-12(19)20-9-11-5-3-2-4-6-11;1-13(10-15,7-8-14)16-12(17)18-9-11-5-3-2-4-6-11;1-13(10-16,7-8-14)15-12(17)18-9-11-5-3-2-4-6-11;9-8(10)11-6-7-4-2-1-3-5-7;10-7-5-3-1-2-4-6(5)8(11)9-7;1-5(7,2-3-6)4(8)9;1-5(2,3)4;1-2;/h2-6H,7-10H2,1H3,(H,17,19);2-6H,7-10,15H2,1H3,(H,16,17);2-6,16H,7-10H2,1H3,(H,15,17);1-5H,6H2;1-4H,(H,9,10,11);2-3,7H2,1H3,(H,8,9);1H3;2H2,1H3;1H4. The predicted molar refractivity (Wildman–Crippen MR) is 356 cm³/mol. The van der Waals surface area contributed by atoms with Crippen molar-refractivity contribution < 1.29 is 88.7 Å². The van der Waals surface area contributed by atoms with Crippen LogP contribution in [0.5, 0.6) is 0 Å². The summed E-state index contributed by atoms with van der Waals surface area (Å²) in [6.45, 7) is 4.16. The summed E-state index contributed by atoms with van der Waals surface area (Å²) in [5, 5.41) is 30.6. The molecule has 0 saturated heterocycles. The third kappa shape index (κ3) is 45.4. The molecule has 32 heteroatoms. The topological polar surface area (TPSA) is 406 Å². The summed E-state index contributed by atoms with van der Waals surface area (Å²) >= 11 is 4.97. The number of amides is 5. The first-order valence-corrected chi connectivity index (χ1v) is 31.3. The van der Waals surface area contributed by atoms with Crippen LogP contribution in [0.25, 0.3) is 10.4 Å². The highest BCUT2D eigenvalue weighted by Gasteiger charge is 2.29. The number of nitrogens with zero attached hydrogens (tertiary/aromatic N) is 3. The molecular weight excluding hydrogens is 1320 g/mol. The number of carboxylic acid groups (broad SMARTS) is 1. The Morgan fingerprint density at radius 2 is 0.863 bits per heavy atom. The predicted octanol–water partition coefficient (Wildman–Crippen LogP) is 11.0. The Morgan fingerprint density at radius 1 is 0.579 bits per heavy atom. The van der Waals surface area contributed by atoms with Gasteiger partial charge in [0.05, 0.1) is 61.8 Å². The first-order chi connectivity index (χ1) is 44.4. The SMILES string of the molecule is C.CC(CCF)(CN=[N+]=[N-])NC(=O)OCc1ccccc1.CC(CN)(CCF)NC(=O)OCc1ccccc1.CC(CO)(CCF)NC(=O)OCc1ccccc1.CC(N)(CCF)C(=O)O.CN.CS(=O)(=O)Cl.O=C(Cl)OCc1ccccc1.O=C1NC(=O)c2ccccc21. The van der Waals surface area contributed by atoms with Crippen molar-refractivity contribution in [2.24, 2.45) is 22.3 Å². The van der Waals surface area contributed by atoms with Gasteiger partial charge in [0, 0.05) is 58.7 Å². The molecule has 5 aromatic carbocycles. The molecule has 0 bridgehead atoms. The van der Waals surface area contributed by atoms with E-state index in [1.807, 2.05) is 121 Å². The number of aliphatic hydroxyl groups is 1. The summed E-state index contributed by atoms with van der Waals surface area (Å²) < 4.78 is 87.0. The number of benzene rings is 5. The molecule has 0 aromatic heterocycles. The molecule has 4 unspecified atom stereocenters. The fourth-order valence-corrected chi connectivity index (χ4v) is 6.60. The first kappa shape index (κ1) is 90.6. The van der Waals surface area contributed by atoms with Gasteiger partial charge >= 0.3 is 29.7 Å². The molecular formula is C63H88Cl2F4N10O15S. The summed E-state index contributed by atoms with van der Waals surface area (Å²) in [6, 6.07) is 43.8. The number of rotatable bonds is 24. The molecule has 0 radical (unpaired) electrons. The van der Waals surface area contributed by atoms with E-state index in [0.29, 0.717) is 11.1 Å². The van der Waals surface area contributed by atoms with Gasteiger partial charge in [-0.2, -0.15) is 0 Å². The highest BCUT2D eigenvalue weighted by atomic mass is 35.7. The van der Waals surface area contributed by atoms with Gasteiger partial charge in [-0.05, 0) is 87.5 Å². The average Bonchev–Trinajstić information content (AvgIpc) is 1.68. The van der Waals surface area contributed by atoms with Crippen molar-refractivity contribution in [3.05, 3.63) is 189 Å². The van der Waals surface area contributed by atoms with Gasteiger partial charge in [0.15, 0.2) is 0 Å². The number of nitrogens with two attached hydrogens (primary N) is 3. The van der Waals surface area contributed by atoms with E-state index in [9.17, 15) is 59.5 Å². The van der Waals surface area contributed by atoms with E-state index in [1.54, 1.807) is 45.0 Å². The highest BCUT2D eigenvalue weighted by molar-refractivity contribution is 8.13. The number of carboxylic acids is 1. The van der Waals surface area contributed by atoms with Crippen LogP contribution in [0.1, 0.15) is 104 Å². The van der Waals surface area contributed by atoms with Gasteiger partial charge in [0.2, 0.25) is 9.05 Å².